The lowest BCUT2D eigenvalue weighted by atomic mass is 10.1. The van der Waals surface area contributed by atoms with Gasteiger partial charge in [0.25, 0.3) is 0 Å². The number of fused-ring (bicyclic) bond motifs is 2. The number of nitrogens with zero attached hydrogens (tertiary/aromatic N) is 2. The van der Waals surface area contributed by atoms with E-state index in [1.165, 1.54) is 0 Å². The summed E-state index contributed by atoms with van der Waals surface area (Å²) >= 11 is 0. The number of likely N-dealkylation sites (tertiary alicyclic amines) is 1. The Bertz CT molecular complexity index is 517. The minimum absolute atomic E-state index is 0.00384. The van der Waals surface area contributed by atoms with Crippen molar-refractivity contribution in [3.05, 3.63) is 17.0 Å². The van der Waals surface area contributed by atoms with Gasteiger partial charge in [0.2, 0.25) is 5.91 Å². The zero-order chi connectivity index (χ0) is 13.6. The standard InChI is InChI=1S/C13H16N2O4/c1-7-10(8(2)19-14-7)3-4-12(16)15-6-9-5-11(15)13(17)18-9/h9,11H,3-6H2,1-2H3/t9-,11+/m1/s1. The number of aromatic nitrogens is 1. The van der Waals surface area contributed by atoms with Crippen LogP contribution < -0.4 is 0 Å². The molecule has 102 valence electrons. The Kier molecular flexibility index (Phi) is 2.80. The summed E-state index contributed by atoms with van der Waals surface area (Å²) in [4.78, 5) is 25.3. The van der Waals surface area contributed by atoms with Crippen molar-refractivity contribution >= 4 is 11.9 Å². The molecule has 0 unspecified atom stereocenters. The molecule has 1 aromatic rings. The van der Waals surface area contributed by atoms with Gasteiger partial charge in [-0.3, -0.25) is 4.79 Å². The predicted octanol–water partition coefficient (Wildman–Crippen LogP) is 0.750. The molecular formula is C13H16N2O4. The van der Waals surface area contributed by atoms with E-state index in [9.17, 15) is 9.59 Å². The van der Waals surface area contributed by atoms with Crippen molar-refractivity contribution in [2.24, 2.45) is 0 Å². The molecule has 1 aromatic heterocycles. The van der Waals surface area contributed by atoms with Crippen LogP contribution in [-0.4, -0.2) is 40.6 Å². The first-order valence-corrected chi connectivity index (χ1v) is 6.48. The zero-order valence-electron chi connectivity index (χ0n) is 11.0. The number of rotatable bonds is 3. The van der Waals surface area contributed by atoms with Crippen molar-refractivity contribution in [3.63, 3.8) is 0 Å². The summed E-state index contributed by atoms with van der Waals surface area (Å²) in [6, 6.07) is -0.359. The van der Waals surface area contributed by atoms with Crippen LogP contribution in [0.2, 0.25) is 0 Å². The van der Waals surface area contributed by atoms with E-state index >= 15 is 0 Å². The van der Waals surface area contributed by atoms with Gasteiger partial charge in [-0.25, -0.2) is 4.79 Å². The highest BCUT2D eigenvalue weighted by molar-refractivity contribution is 5.87. The maximum Gasteiger partial charge on any atom is 0.329 e. The Morgan fingerprint density at radius 1 is 1.47 bits per heavy atom. The Balaban J connectivity index is 1.62. The second-order valence-corrected chi connectivity index (χ2v) is 5.16. The average Bonchev–Trinajstić information content (AvgIpc) is 3.02. The highest BCUT2D eigenvalue weighted by atomic mass is 16.6. The molecule has 3 heterocycles. The summed E-state index contributed by atoms with van der Waals surface area (Å²) in [7, 11) is 0. The van der Waals surface area contributed by atoms with Crippen LogP contribution in [0.25, 0.3) is 0 Å². The van der Waals surface area contributed by atoms with E-state index in [4.69, 9.17) is 9.26 Å². The Morgan fingerprint density at radius 2 is 2.26 bits per heavy atom. The van der Waals surface area contributed by atoms with Gasteiger partial charge >= 0.3 is 5.97 Å². The molecule has 2 aliphatic heterocycles. The maximum atomic E-state index is 12.2. The summed E-state index contributed by atoms with van der Waals surface area (Å²) in [6.07, 6.45) is 1.53. The minimum Gasteiger partial charge on any atom is -0.459 e. The first-order chi connectivity index (χ1) is 9.06. The monoisotopic (exact) mass is 264 g/mol. The molecule has 0 radical (unpaired) electrons. The Hall–Kier alpha value is -1.85. The fourth-order valence-corrected chi connectivity index (χ4v) is 2.86. The molecular weight excluding hydrogens is 248 g/mol. The quantitative estimate of drug-likeness (QED) is 0.753. The predicted molar refractivity (Wildman–Crippen MR) is 64.3 cm³/mol. The van der Waals surface area contributed by atoms with Gasteiger partial charge in [-0.05, 0) is 20.3 Å². The number of carbonyl (C=O) groups is 2. The molecule has 2 saturated heterocycles. The average molecular weight is 264 g/mol. The SMILES string of the molecule is Cc1noc(C)c1CCC(=O)N1C[C@H]2C[C@H]1C(=O)O2. The fourth-order valence-electron chi connectivity index (χ4n) is 2.86. The summed E-state index contributed by atoms with van der Waals surface area (Å²) in [5.74, 6) is 0.499. The van der Waals surface area contributed by atoms with Gasteiger partial charge in [0.1, 0.15) is 17.9 Å². The van der Waals surface area contributed by atoms with E-state index in [1.807, 2.05) is 13.8 Å². The molecule has 19 heavy (non-hydrogen) atoms. The first-order valence-electron chi connectivity index (χ1n) is 6.48. The molecule has 2 bridgehead atoms. The zero-order valence-corrected chi connectivity index (χ0v) is 11.0. The van der Waals surface area contributed by atoms with Crippen molar-refractivity contribution in [1.29, 1.82) is 0 Å². The minimum atomic E-state index is -0.359. The molecule has 2 aliphatic rings. The molecule has 0 aliphatic carbocycles. The van der Waals surface area contributed by atoms with Crippen molar-refractivity contribution in [2.75, 3.05) is 6.54 Å². The second kappa shape index (κ2) is 4.36. The largest absolute Gasteiger partial charge is 0.459 e. The van der Waals surface area contributed by atoms with Crippen LogP contribution in [0.4, 0.5) is 0 Å². The van der Waals surface area contributed by atoms with Crippen molar-refractivity contribution < 1.29 is 18.8 Å². The summed E-state index contributed by atoms with van der Waals surface area (Å²) in [6.45, 7) is 4.25. The Morgan fingerprint density at radius 3 is 2.84 bits per heavy atom. The summed E-state index contributed by atoms with van der Waals surface area (Å²) in [5.41, 5.74) is 1.81. The normalized spacial score (nSPS) is 24.9. The highest BCUT2D eigenvalue weighted by Gasteiger charge is 2.48. The van der Waals surface area contributed by atoms with E-state index in [0.29, 0.717) is 25.8 Å². The van der Waals surface area contributed by atoms with E-state index in [2.05, 4.69) is 5.16 Å². The van der Waals surface area contributed by atoms with Gasteiger partial charge in [0.05, 0.1) is 12.2 Å². The van der Waals surface area contributed by atoms with E-state index < -0.39 is 0 Å². The first kappa shape index (κ1) is 12.2. The number of amides is 1. The molecule has 6 nitrogen and oxygen atoms in total. The number of aryl methyl sites for hydroxylation is 2. The third-order valence-electron chi connectivity index (χ3n) is 3.91. The molecule has 0 spiro atoms. The van der Waals surface area contributed by atoms with Gasteiger partial charge in [0.15, 0.2) is 0 Å². The number of hydrogen-bond donors (Lipinski definition) is 0. The molecule has 1 amide bonds. The molecule has 2 atom stereocenters. The molecule has 0 saturated carbocycles. The third kappa shape index (κ3) is 2.01. The topological polar surface area (TPSA) is 72.6 Å². The Labute approximate surface area is 110 Å². The number of ether oxygens (including phenoxy) is 1. The van der Waals surface area contributed by atoms with Gasteiger partial charge in [-0.1, -0.05) is 5.16 Å². The van der Waals surface area contributed by atoms with Crippen molar-refractivity contribution in [2.45, 2.75) is 45.3 Å². The number of morpholine rings is 1. The van der Waals surface area contributed by atoms with Crippen LogP contribution in [-0.2, 0) is 20.7 Å². The van der Waals surface area contributed by atoms with E-state index in [1.54, 1.807) is 4.90 Å². The fraction of sp³-hybridized carbons (Fsp3) is 0.615. The van der Waals surface area contributed by atoms with Gasteiger partial charge in [0, 0.05) is 18.4 Å². The molecule has 3 rings (SSSR count). The van der Waals surface area contributed by atoms with Crippen LogP contribution in [0.5, 0.6) is 0 Å². The second-order valence-electron chi connectivity index (χ2n) is 5.16. The van der Waals surface area contributed by atoms with Crippen LogP contribution >= 0.6 is 0 Å². The molecule has 0 aromatic carbocycles. The van der Waals surface area contributed by atoms with E-state index in [0.717, 1.165) is 17.0 Å². The van der Waals surface area contributed by atoms with Gasteiger partial charge < -0.3 is 14.2 Å². The number of carbonyl (C=O) groups excluding carboxylic acids is 2. The highest BCUT2D eigenvalue weighted by Crippen LogP contribution is 2.29. The van der Waals surface area contributed by atoms with E-state index in [-0.39, 0.29) is 24.0 Å². The molecule has 0 N–H and O–H groups in total. The summed E-state index contributed by atoms with van der Waals surface area (Å²) < 4.78 is 10.1. The van der Waals surface area contributed by atoms with Crippen LogP contribution in [0.3, 0.4) is 0 Å². The lowest BCUT2D eigenvalue weighted by Gasteiger charge is -2.25. The lowest BCUT2D eigenvalue weighted by molar-refractivity contribution is -0.157. The van der Waals surface area contributed by atoms with Crippen molar-refractivity contribution in [3.8, 4) is 0 Å². The summed E-state index contributed by atoms with van der Waals surface area (Å²) in [5, 5.41) is 3.87. The molecule has 6 heteroatoms. The maximum absolute atomic E-state index is 12.2. The van der Waals surface area contributed by atoms with Gasteiger partial charge in [-0.2, -0.15) is 0 Å². The number of hydrogen-bond acceptors (Lipinski definition) is 5. The lowest BCUT2D eigenvalue weighted by Crippen LogP contribution is -2.44. The molecule has 2 fully saturated rings. The van der Waals surface area contributed by atoms with Crippen molar-refractivity contribution in [1.82, 2.24) is 10.1 Å². The number of esters is 1. The van der Waals surface area contributed by atoms with Gasteiger partial charge in [-0.15, -0.1) is 0 Å². The third-order valence-corrected chi connectivity index (χ3v) is 3.91. The van der Waals surface area contributed by atoms with Crippen LogP contribution in [0.1, 0.15) is 29.9 Å². The smallest absolute Gasteiger partial charge is 0.329 e. The van der Waals surface area contributed by atoms with Crippen LogP contribution in [0.15, 0.2) is 4.52 Å². The van der Waals surface area contributed by atoms with Crippen LogP contribution in [0, 0.1) is 13.8 Å².